The third-order valence-electron chi connectivity index (χ3n) is 1.96. The summed E-state index contributed by atoms with van der Waals surface area (Å²) in [5, 5.41) is 0. The van der Waals surface area contributed by atoms with Gasteiger partial charge in [0, 0.05) is 0 Å². The summed E-state index contributed by atoms with van der Waals surface area (Å²) in [5.41, 5.74) is 0.415. The van der Waals surface area contributed by atoms with Crippen LogP contribution in [0.3, 0.4) is 0 Å². The van der Waals surface area contributed by atoms with Crippen LogP contribution in [0.5, 0.6) is 5.75 Å². The van der Waals surface area contributed by atoms with Crippen molar-refractivity contribution in [2.75, 3.05) is 14.2 Å². The van der Waals surface area contributed by atoms with E-state index in [2.05, 4.69) is 9.57 Å². The topological polar surface area (TPSA) is 70.8 Å². The molecule has 1 aromatic rings. The number of benzene rings is 1. The number of hydrogen-bond acceptors (Lipinski definition) is 5. The highest BCUT2D eigenvalue weighted by Gasteiger charge is 2.18. The maximum atomic E-state index is 13.5. The third-order valence-corrected chi connectivity index (χ3v) is 1.96. The van der Waals surface area contributed by atoms with Crippen molar-refractivity contribution >= 4 is 5.97 Å². The zero-order chi connectivity index (χ0) is 12.1. The van der Waals surface area contributed by atoms with Crippen LogP contribution in [0.2, 0.25) is 0 Å². The van der Waals surface area contributed by atoms with Crippen LogP contribution in [0.4, 0.5) is 4.39 Å². The van der Waals surface area contributed by atoms with E-state index in [-0.39, 0.29) is 17.9 Å². The van der Waals surface area contributed by atoms with E-state index in [0.29, 0.717) is 5.56 Å². The van der Waals surface area contributed by atoms with Crippen molar-refractivity contribution in [3.63, 3.8) is 0 Å². The molecule has 88 valence electrons. The van der Waals surface area contributed by atoms with Gasteiger partial charge < -0.3 is 9.47 Å². The molecule has 0 unspecified atom stereocenters. The average molecular weight is 229 g/mol. The molecule has 0 saturated carbocycles. The van der Waals surface area contributed by atoms with Crippen molar-refractivity contribution in [3.05, 3.63) is 29.1 Å². The summed E-state index contributed by atoms with van der Waals surface area (Å²) in [6.07, 6.45) is 0. The van der Waals surface area contributed by atoms with Crippen molar-refractivity contribution in [2.24, 2.45) is 5.90 Å². The lowest BCUT2D eigenvalue weighted by Crippen LogP contribution is -2.08. The van der Waals surface area contributed by atoms with Crippen molar-refractivity contribution in [2.45, 2.75) is 6.61 Å². The summed E-state index contributed by atoms with van der Waals surface area (Å²) in [6.45, 7) is -0.00902. The second-order valence-electron chi connectivity index (χ2n) is 2.96. The first kappa shape index (κ1) is 12.4. The molecule has 0 bridgehead atoms. The van der Waals surface area contributed by atoms with E-state index in [1.807, 2.05) is 0 Å². The molecule has 0 aliphatic heterocycles. The van der Waals surface area contributed by atoms with Gasteiger partial charge in [-0.15, -0.1) is 0 Å². The molecule has 0 saturated heterocycles. The maximum Gasteiger partial charge on any atom is 0.341 e. The molecule has 0 amide bonds. The van der Waals surface area contributed by atoms with Crippen LogP contribution in [0.25, 0.3) is 0 Å². The molecule has 0 spiro atoms. The highest BCUT2D eigenvalue weighted by atomic mass is 19.1. The Morgan fingerprint density at radius 1 is 1.44 bits per heavy atom. The van der Waals surface area contributed by atoms with Gasteiger partial charge in [0.25, 0.3) is 0 Å². The monoisotopic (exact) mass is 229 g/mol. The fourth-order valence-corrected chi connectivity index (χ4v) is 1.30. The van der Waals surface area contributed by atoms with E-state index >= 15 is 0 Å². The Hall–Kier alpha value is -1.66. The molecule has 0 aromatic heterocycles. The van der Waals surface area contributed by atoms with E-state index in [0.717, 1.165) is 0 Å². The lowest BCUT2D eigenvalue weighted by atomic mass is 10.1. The largest absolute Gasteiger partial charge is 0.493 e. The molecule has 0 aliphatic carbocycles. The Labute approximate surface area is 91.9 Å². The van der Waals surface area contributed by atoms with Gasteiger partial charge in [0.1, 0.15) is 5.56 Å². The first-order valence-corrected chi connectivity index (χ1v) is 4.40. The average Bonchev–Trinajstić information content (AvgIpc) is 2.27. The number of halogens is 1. The normalized spacial score (nSPS) is 10.0. The van der Waals surface area contributed by atoms with Crippen LogP contribution in [0.1, 0.15) is 15.9 Å². The van der Waals surface area contributed by atoms with Gasteiger partial charge >= 0.3 is 5.97 Å². The molecule has 16 heavy (non-hydrogen) atoms. The second kappa shape index (κ2) is 5.43. The molecule has 6 heteroatoms. The summed E-state index contributed by atoms with van der Waals surface area (Å²) >= 11 is 0. The minimum Gasteiger partial charge on any atom is -0.493 e. The molecule has 0 heterocycles. The predicted octanol–water partition coefficient (Wildman–Crippen LogP) is 1.01. The smallest absolute Gasteiger partial charge is 0.341 e. The lowest BCUT2D eigenvalue weighted by molar-refractivity contribution is 0.0595. The van der Waals surface area contributed by atoms with Crippen molar-refractivity contribution in [3.8, 4) is 5.75 Å². The van der Waals surface area contributed by atoms with E-state index in [4.69, 9.17) is 10.6 Å². The minimum atomic E-state index is -0.686. The van der Waals surface area contributed by atoms with Gasteiger partial charge in [0.05, 0.1) is 20.8 Å². The zero-order valence-corrected chi connectivity index (χ0v) is 8.95. The first-order chi connectivity index (χ1) is 7.63. The molecule has 0 atom stereocenters. The number of ether oxygens (including phenoxy) is 2. The molecule has 1 rings (SSSR count). The Kier molecular flexibility index (Phi) is 4.21. The molecule has 0 radical (unpaired) electrons. The number of nitrogens with two attached hydrogens (primary N) is 1. The lowest BCUT2D eigenvalue weighted by Gasteiger charge is -2.10. The number of methoxy groups -OCH3 is 2. The van der Waals surface area contributed by atoms with Crippen LogP contribution in [0.15, 0.2) is 12.1 Å². The van der Waals surface area contributed by atoms with Crippen LogP contribution in [0, 0.1) is 5.82 Å². The van der Waals surface area contributed by atoms with E-state index in [9.17, 15) is 9.18 Å². The summed E-state index contributed by atoms with van der Waals surface area (Å²) in [5.74, 6) is 3.36. The van der Waals surface area contributed by atoms with E-state index in [1.54, 1.807) is 0 Å². The molecular weight excluding hydrogens is 217 g/mol. The Morgan fingerprint density at radius 3 is 2.62 bits per heavy atom. The van der Waals surface area contributed by atoms with Crippen molar-refractivity contribution in [1.82, 2.24) is 0 Å². The summed E-state index contributed by atoms with van der Waals surface area (Å²) in [7, 11) is 2.47. The molecular formula is C10H12FNO4. The fourth-order valence-electron chi connectivity index (χ4n) is 1.30. The van der Waals surface area contributed by atoms with Gasteiger partial charge in [-0.05, 0) is 17.7 Å². The van der Waals surface area contributed by atoms with Gasteiger partial charge in [-0.2, -0.15) is 0 Å². The summed E-state index contributed by atoms with van der Waals surface area (Å²) in [4.78, 5) is 15.7. The maximum absolute atomic E-state index is 13.5. The first-order valence-electron chi connectivity index (χ1n) is 4.40. The number of hydrogen-bond donors (Lipinski definition) is 1. The Bertz CT molecular complexity index is 395. The van der Waals surface area contributed by atoms with E-state index < -0.39 is 11.8 Å². The van der Waals surface area contributed by atoms with Crippen molar-refractivity contribution < 1.29 is 23.5 Å². The Morgan fingerprint density at radius 2 is 2.12 bits per heavy atom. The molecule has 5 nitrogen and oxygen atoms in total. The van der Waals surface area contributed by atoms with Crippen LogP contribution >= 0.6 is 0 Å². The fraction of sp³-hybridized carbons (Fsp3) is 0.300. The van der Waals surface area contributed by atoms with Gasteiger partial charge in [-0.1, -0.05) is 0 Å². The molecule has 1 aromatic carbocycles. The number of carbonyl (C=O) groups excluding carboxylic acids is 1. The second-order valence-corrected chi connectivity index (χ2v) is 2.96. The minimum absolute atomic E-state index is 0.00273. The summed E-state index contributed by atoms with van der Waals surface area (Å²) in [6, 6.07) is 2.58. The van der Waals surface area contributed by atoms with Crippen LogP contribution in [-0.2, 0) is 16.2 Å². The predicted molar refractivity (Wildman–Crippen MR) is 53.3 cm³/mol. The van der Waals surface area contributed by atoms with Crippen molar-refractivity contribution in [1.29, 1.82) is 0 Å². The Balaban J connectivity index is 3.24. The quantitative estimate of drug-likeness (QED) is 0.616. The highest BCUT2D eigenvalue weighted by molar-refractivity contribution is 5.92. The highest BCUT2D eigenvalue weighted by Crippen LogP contribution is 2.25. The van der Waals surface area contributed by atoms with Crippen LogP contribution in [-0.4, -0.2) is 20.2 Å². The number of esters is 1. The van der Waals surface area contributed by atoms with Gasteiger partial charge in [-0.25, -0.2) is 15.1 Å². The van der Waals surface area contributed by atoms with Gasteiger partial charge in [0.15, 0.2) is 11.6 Å². The molecule has 0 fully saturated rings. The van der Waals surface area contributed by atoms with Gasteiger partial charge in [0.2, 0.25) is 0 Å². The third kappa shape index (κ3) is 2.47. The SMILES string of the molecule is COC(=O)c1cc(CON)cc(F)c1OC. The van der Waals surface area contributed by atoms with E-state index in [1.165, 1.54) is 26.4 Å². The zero-order valence-electron chi connectivity index (χ0n) is 8.95. The van der Waals surface area contributed by atoms with Gasteiger partial charge in [-0.3, -0.25) is 4.84 Å². The number of carbonyl (C=O) groups is 1. The van der Waals surface area contributed by atoms with Crippen LogP contribution < -0.4 is 10.6 Å². The number of rotatable bonds is 4. The molecule has 2 N–H and O–H groups in total. The standard InChI is InChI=1S/C10H12FNO4/c1-14-9-7(10(13)15-2)3-6(5-16-12)4-8(9)11/h3-4H,5,12H2,1-2H3. The molecule has 0 aliphatic rings. The summed E-state index contributed by atoms with van der Waals surface area (Å²) < 4.78 is 22.8.